The molecule has 0 aliphatic carbocycles. The van der Waals surface area contributed by atoms with Crippen molar-refractivity contribution in [1.82, 2.24) is 14.5 Å². The van der Waals surface area contributed by atoms with Crippen molar-refractivity contribution in [2.75, 3.05) is 11.9 Å². The Hall–Kier alpha value is -3.41. The first-order valence-corrected chi connectivity index (χ1v) is 10.3. The van der Waals surface area contributed by atoms with Crippen molar-refractivity contribution in [2.24, 2.45) is 5.92 Å². The van der Waals surface area contributed by atoms with Crippen LogP contribution in [0.3, 0.4) is 0 Å². The Morgan fingerprint density at radius 1 is 1.27 bits per heavy atom. The maximum absolute atomic E-state index is 13.4. The lowest BCUT2D eigenvalue weighted by molar-refractivity contribution is -0.139. The van der Waals surface area contributed by atoms with Gasteiger partial charge in [-0.3, -0.25) is 19.5 Å². The maximum atomic E-state index is 13.4. The number of benzene rings is 1. The highest BCUT2D eigenvalue weighted by Gasteiger charge is 2.41. The van der Waals surface area contributed by atoms with Gasteiger partial charge < -0.3 is 9.88 Å². The summed E-state index contributed by atoms with van der Waals surface area (Å²) >= 11 is 0. The van der Waals surface area contributed by atoms with Crippen LogP contribution >= 0.6 is 0 Å². The van der Waals surface area contributed by atoms with Crippen LogP contribution in [-0.2, 0) is 16.1 Å². The van der Waals surface area contributed by atoms with Crippen LogP contribution in [0.25, 0.3) is 10.9 Å². The zero-order valence-electron chi connectivity index (χ0n) is 17.3. The second kappa shape index (κ2) is 6.83. The van der Waals surface area contributed by atoms with Crippen LogP contribution in [0.1, 0.15) is 37.8 Å². The van der Waals surface area contributed by atoms with E-state index in [1.54, 1.807) is 6.20 Å². The molecule has 1 N–H and O–H groups in total. The fourth-order valence-corrected chi connectivity index (χ4v) is 4.71. The highest BCUT2D eigenvalue weighted by Crippen LogP contribution is 2.46. The van der Waals surface area contributed by atoms with Crippen molar-refractivity contribution in [2.45, 2.75) is 33.2 Å². The van der Waals surface area contributed by atoms with Gasteiger partial charge in [-0.2, -0.15) is 0 Å². The Bertz CT molecular complexity index is 1210. The van der Waals surface area contributed by atoms with Crippen molar-refractivity contribution in [3.63, 3.8) is 0 Å². The SMILES string of the molecule is CC(=O)N1CC2=C(C1=O)[C@@H](c1cccnc1)c1cn(CC(C)C)c3cccc(c13)N2. The number of hydrogen-bond acceptors (Lipinski definition) is 4. The van der Waals surface area contributed by atoms with Gasteiger partial charge in [0.15, 0.2) is 0 Å². The Kier molecular flexibility index (Phi) is 4.24. The number of pyridine rings is 1. The molecular formula is C24H24N4O2. The van der Waals surface area contributed by atoms with E-state index in [-0.39, 0.29) is 24.3 Å². The minimum atomic E-state index is -0.280. The zero-order valence-corrected chi connectivity index (χ0v) is 17.3. The first-order chi connectivity index (χ1) is 14.5. The van der Waals surface area contributed by atoms with Crippen LogP contribution in [0.15, 0.2) is 60.2 Å². The molecule has 0 fully saturated rings. The summed E-state index contributed by atoms with van der Waals surface area (Å²) in [5.74, 6) is -0.259. The van der Waals surface area contributed by atoms with Crippen LogP contribution in [0.2, 0.25) is 0 Å². The van der Waals surface area contributed by atoms with E-state index in [0.717, 1.165) is 40.0 Å². The maximum Gasteiger partial charge on any atom is 0.259 e. The quantitative estimate of drug-likeness (QED) is 0.724. The first kappa shape index (κ1) is 18.6. The molecule has 0 saturated heterocycles. The molecule has 2 amide bonds. The van der Waals surface area contributed by atoms with Crippen molar-refractivity contribution < 1.29 is 9.59 Å². The molecule has 6 nitrogen and oxygen atoms in total. The van der Waals surface area contributed by atoms with Crippen LogP contribution in [0.4, 0.5) is 5.69 Å². The van der Waals surface area contributed by atoms with Gasteiger partial charge in [0.2, 0.25) is 5.91 Å². The second-order valence-electron chi connectivity index (χ2n) is 8.48. The molecule has 5 rings (SSSR count). The van der Waals surface area contributed by atoms with Crippen molar-refractivity contribution in [3.05, 3.63) is 71.3 Å². The van der Waals surface area contributed by atoms with Crippen LogP contribution < -0.4 is 5.32 Å². The molecule has 2 aliphatic rings. The number of rotatable bonds is 3. The standard InChI is InChI=1S/C24H24N4O2/c1-14(2)11-27-12-17-21(16-6-5-9-25-10-16)23-19(13-28(15(3)29)24(23)30)26-18-7-4-8-20(27)22(17)18/h4-10,12,14,21,26H,11,13H2,1-3H3/t21-/m0/s1. The number of nitrogens with zero attached hydrogens (tertiary/aromatic N) is 3. The number of hydrogen-bond donors (Lipinski definition) is 1. The van der Waals surface area contributed by atoms with Crippen LogP contribution in [0, 0.1) is 5.92 Å². The highest BCUT2D eigenvalue weighted by atomic mass is 16.2. The lowest BCUT2D eigenvalue weighted by atomic mass is 9.85. The third-order valence-electron chi connectivity index (χ3n) is 5.90. The van der Waals surface area contributed by atoms with Gasteiger partial charge in [-0.05, 0) is 35.2 Å². The molecule has 152 valence electrons. The lowest BCUT2D eigenvalue weighted by Crippen LogP contribution is -2.33. The third-order valence-corrected chi connectivity index (χ3v) is 5.90. The number of imide groups is 1. The molecule has 1 aromatic carbocycles. The molecule has 6 heteroatoms. The topological polar surface area (TPSA) is 67.2 Å². The minimum absolute atomic E-state index is 0.226. The van der Waals surface area contributed by atoms with Gasteiger partial charge >= 0.3 is 0 Å². The van der Waals surface area contributed by atoms with Gasteiger partial charge in [-0.15, -0.1) is 0 Å². The summed E-state index contributed by atoms with van der Waals surface area (Å²) in [5.41, 5.74) is 5.58. The van der Waals surface area contributed by atoms with Gasteiger partial charge in [0, 0.05) is 54.7 Å². The van der Waals surface area contributed by atoms with E-state index in [2.05, 4.69) is 41.0 Å². The summed E-state index contributed by atoms with van der Waals surface area (Å²) in [6.45, 7) is 6.99. The van der Waals surface area contributed by atoms with Gasteiger partial charge in [0.25, 0.3) is 5.91 Å². The second-order valence-corrected chi connectivity index (χ2v) is 8.48. The molecule has 2 aliphatic heterocycles. The van der Waals surface area contributed by atoms with Crippen molar-refractivity contribution in [3.8, 4) is 0 Å². The number of amides is 2. The smallest absolute Gasteiger partial charge is 0.259 e. The number of aromatic nitrogens is 2. The van der Waals surface area contributed by atoms with E-state index in [1.807, 2.05) is 30.5 Å². The fourth-order valence-electron chi connectivity index (χ4n) is 4.71. The lowest BCUT2D eigenvalue weighted by Gasteiger charge is -2.19. The summed E-state index contributed by atoms with van der Waals surface area (Å²) < 4.78 is 2.28. The van der Waals surface area contributed by atoms with Gasteiger partial charge in [-0.1, -0.05) is 26.0 Å². The summed E-state index contributed by atoms with van der Waals surface area (Å²) in [4.78, 5) is 31.1. The summed E-state index contributed by atoms with van der Waals surface area (Å²) in [7, 11) is 0. The molecular weight excluding hydrogens is 376 g/mol. The van der Waals surface area contributed by atoms with E-state index in [9.17, 15) is 9.59 Å². The van der Waals surface area contributed by atoms with Gasteiger partial charge in [0.1, 0.15) is 0 Å². The molecule has 1 atom stereocenters. The van der Waals surface area contributed by atoms with Gasteiger partial charge in [0.05, 0.1) is 17.6 Å². The molecule has 0 saturated carbocycles. The molecule has 30 heavy (non-hydrogen) atoms. The minimum Gasteiger partial charge on any atom is -0.356 e. The van der Waals surface area contributed by atoms with E-state index in [0.29, 0.717) is 11.5 Å². The summed E-state index contributed by atoms with van der Waals surface area (Å²) in [6, 6.07) is 10.1. The van der Waals surface area contributed by atoms with Gasteiger partial charge in [-0.25, -0.2) is 0 Å². The van der Waals surface area contributed by atoms with Crippen LogP contribution in [0.5, 0.6) is 0 Å². The Morgan fingerprint density at radius 3 is 2.80 bits per heavy atom. The van der Waals surface area contributed by atoms with E-state index >= 15 is 0 Å². The van der Waals surface area contributed by atoms with Crippen molar-refractivity contribution in [1.29, 1.82) is 0 Å². The van der Waals surface area contributed by atoms with E-state index in [1.165, 1.54) is 11.8 Å². The predicted octanol–water partition coefficient (Wildman–Crippen LogP) is 3.89. The van der Waals surface area contributed by atoms with E-state index < -0.39 is 0 Å². The average molecular weight is 400 g/mol. The molecule has 2 aromatic heterocycles. The number of carbonyl (C=O) groups excluding carboxylic acids is 2. The summed E-state index contributed by atoms with van der Waals surface area (Å²) in [5, 5.41) is 4.63. The molecule has 0 unspecified atom stereocenters. The van der Waals surface area contributed by atoms with E-state index in [4.69, 9.17) is 0 Å². The number of carbonyl (C=O) groups is 2. The third kappa shape index (κ3) is 2.75. The Balaban J connectivity index is 1.79. The van der Waals surface area contributed by atoms with Crippen LogP contribution in [-0.4, -0.2) is 32.8 Å². The molecule has 4 heterocycles. The molecule has 3 aromatic rings. The monoisotopic (exact) mass is 400 g/mol. The predicted molar refractivity (Wildman–Crippen MR) is 116 cm³/mol. The van der Waals surface area contributed by atoms with Crippen molar-refractivity contribution >= 4 is 28.4 Å². The Morgan fingerprint density at radius 2 is 2.10 bits per heavy atom. The highest BCUT2D eigenvalue weighted by molar-refractivity contribution is 6.11. The fraction of sp³-hybridized carbons (Fsp3) is 0.292. The number of nitrogens with one attached hydrogen (secondary N) is 1. The molecule has 0 bridgehead atoms. The largest absolute Gasteiger partial charge is 0.356 e. The average Bonchev–Trinajstić information content (AvgIpc) is 3.18. The normalized spacial score (nSPS) is 18.1. The summed E-state index contributed by atoms with van der Waals surface area (Å²) in [6.07, 6.45) is 5.73. The number of anilines is 1. The molecule has 0 radical (unpaired) electrons. The zero-order chi connectivity index (χ0) is 21.0. The Labute approximate surface area is 175 Å². The first-order valence-electron chi connectivity index (χ1n) is 10.3. The molecule has 0 spiro atoms.